The average molecular weight is 204 g/mol. The molecule has 1 aliphatic heterocycles. The van der Waals surface area contributed by atoms with Gasteiger partial charge in [0, 0.05) is 30.5 Å². The molecule has 78 valence electrons. The van der Waals surface area contributed by atoms with Crippen LogP contribution in [0.25, 0.3) is 0 Å². The number of anilines is 1. The predicted octanol–water partition coefficient (Wildman–Crippen LogP) is -0.211. The summed E-state index contributed by atoms with van der Waals surface area (Å²) >= 11 is 0. The molecule has 4 nitrogen and oxygen atoms in total. The smallest absolute Gasteiger partial charge is 0.227 e. The number of carbonyl (C=O) groups is 2. The van der Waals surface area contributed by atoms with Crippen LogP contribution < -0.4 is 10.0 Å². The molecule has 4 heteroatoms. The number of benzene rings is 1. The molecule has 2 rings (SSSR count). The molecule has 0 radical (unpaired) electrons. The van der Waals surface area contributed by atoms with Crippen LogP contribution in [-0.2, 0) is 9.59 Å². The van der Waals surface area contributed by atoms with Crippen LogP contribution >= 0.6 is 0 Å². The summed E-state index contributed by atoms with van der Waals surface area (Å²) in [6, 6.07) is 9.05. The second-order valence-corrected chi connectivity index (χ2v) is 3.56. The molecular weight excluding hydrogens is 194 g/mol. The Morgan fingerprint density at radius 2 is 2.00 bits per heavy atom. The number of carboxylic acids is 1. The Labute approximate surface area is 87.1 Å². The summed E-state index contributed by atoms with van der Waals surface area (Å²) < 4.78 is 0. The van der Waals surface area contributed by atoms with E-state index in [4.69, 9.17) is 0 Å². The Kier molecular flexibility index (Phi) is 2.41. The van der Waals surface area contributed by atoms with Gasteiger partial charge in [0.1, 0.15) is 0 Å². The molecule has 0 unspecified atom stereocenters. The quantitative estimate of drug-likeness (QED) is 0.669. The second kappa shape index (κ2) is 3.73. The lowest BCUT2D eigenvalue weighted by molar-refractivity contribution is -0.310. The molecule has 0 aliphatic carbocycles. The van der Waals surface area contributed by atoms with Gasteiger partial charge >= 0.3 is 0 Å². The fourth-order valence-corrected chi connectivity index (χ4v) is 1.72. The van der Waals surface area contributed by atoms with Crippen LogP contribution in [-0.4, -0.2) is 18.4 Å². The third kappa shape index (κ3) is 1.83. The number of para-hydroxylation sites is 1. The van der Waals surface area contributed by atoms with Crippen molar-refractivity contribution < 1.29 is 14.7 Å². The van der Waals surface area contributed by atoms with E-state index in [2.05, 4.69) is 0 Å². The molecular formula is C11H10NO3-. The van der Waals surface area contributed by atoms with E-state index in [0.29, 0.717) is 0 Å². The highest BCUT2D eigenvalue weighted by atomic mass is 16.4. The summed E-state index contributed by atoms with van der Waals surface area (Å²) in [6.45, 7) is 0.213. The van der Waals surface area contributed by atoms with E-state index >= 15 is 0 Å². The minimum Gasteiger partial charge on any atom is -0.550 e. The highest BCUT2D eigenvalue weighted by molar-refractivity contribution is 5.98. The molecule has 1 aromatic rings. The molecule has 0 aromatic heterocycles. The van der Waals surface area contributed by atoms with Gasteiger partial charge in [0.2, 0.25) is 5.91 Å². The molecule has 15 heavy (non-hydrogen) atoms. The maximum atomic E-state index is 11.5. The molecule has 1 aromatic carbocycles. The highest BCUT2D eigenvalue weighted by Gasteiger charge is 2.30. The minimum atomic E-state index is -1.15. The van der Waals surface area contributed by atoms with Crippen LogP contribution in [0.4, 0.5) is 5.69 Å². The van der Waals surface area contributed by atoms with Crippen molar-refractivity contribution in [2.45, 2.75) is 6.42 Å². The van der Waals surface area contributed by atoms with Crippen molar-refractivity contribution >= 4 is 17.6 Å². The average Bonchev–Trinajstić information content (AvgIpc) is 2.62. The lowest BCUT2D eigenvalue weighted by atomic mass is 10.1. The number of hydrogen-bond acceptors (Lipinski definition) is 3. The zero-order chi connectivity index (χ0) is 10.8. The maximum absolute atomic E-state index is 11.5. The van der Waals surface area contributed by atoms with E-state index in [9.17, 15) is 14.7 Å². The van der Waals surface area contributed by atoms with Gasteiger partial charge in [0.05, 0.1) is 0 Å². The van der Waals surface area contributed by atoms with Crippen molar-refractivity contribution in [2.75, 3.05) is 11.4 Å². The summed E-state index contributed by atoms with van der Waals surface area (Å²) in [5, 5.41) is 10.6. The minimum absolute atomic E-state index is 0.0389. The Bertz CT molecular complexity index is 388. The van der Waals surface area contributed by atoms with E-state index in [1.54, 1.807) is 12.1 Å². The van der Waals surface area contributed by atoms with E-state index in [1.807, 2.05) is 18.2 Å². The first-order valence-electron chi connectivity index (χ1n) is 4.75. The van der Waals surface area contributed by atoms with Crippen LogP contribution in [0.15, 0.2) is 30.3 Å². The van der Waals surface area contributed by atoms with Gasteiger partial charge in [-0.1, -0.05) is 18.2 Å². The van der Waals surface area contributed by atoms with Gasteiger partial charge in [-0.15, -0.1) is 0 Å². The van der Waals surface area contributed by atoms with Crippen LogP contribution in [0, 0.1) is 5.92 Å². The first-order chi connectivity index (χ1) is 7.18. The molecule has 0 saturated carbocycles. The van der Waals surface area contributed by atoms with E-state index in [0.717, 1.165) is 5.69 Å². The number of aliphatic carboxylic acids is 1. The normalized spacial score (nSPS) is 20.7. The Morgan fingerprint density at radius 3 is 2.53 bits per heavy atom. The van der Waals surface area contributed by atoms with Crippen molar-refractivity contribution in [3.63, 3.8) is 0 Å². The van der Waals surface area contributed by atoms with Crippen molar-refractivity contribution in [1.82, 2.24) is 0 Å². The van der Waals surface area contributed by atoms with Crippen molar-refractivity contribution in [3.05, 3.63) is 30.3 Å². The third-order valence-corrected chi connectivity index (χ3v) is 2.53. The van der Waals surface area contributed by atoms with Crippen molar-refractivity contribution in [2.24, 2.45) is 5.92 Å². The highest BCUT2D eigenvalue weighted by Crippen LogP contribution is 2.24. The maximum Gasteiger partial charge on any atom is 0.227 e. The number of amides is 1. The zero-order valence-electron chi connectivity index (χ0n) is 8.05. The monoisotopic (exact) mass is 204 g/mol. The Balaban J connectivity index is 2.19. The largest absolute Gasteiger partial charge is 0.550 e. The lowest BCUT2D eigenvalue weighted by Gasteiger charge is -2.16. The first kappa shape index (κ1) is 9.71. The van der Waals surface area contributed by atoms with Crippen molar-refractivity contribution in [1.29, 1.82) is 0 Å². The molecule has 1 heterocycles. The third-order valence-electron chi connectivity index (χ3n) is 2.53. The number of rotatable bonds is 2. The lowest BCUT2D eigenvalue weighted by Crippen LogP contribution is -2.33. The Hall–Kier alpha value is -1.84. The van der Waals surface area contributed by atoms with Crippen LogP contribution in [0.3, 0.4) is 0 Å². The van der Waals surface area contributed by atoms with Gasteiger partial charge in [0.25, 0.3) is 0 Å². The van der Waals surface area contributed by atoms with Crippen LogP contribution in [0.1, 0.15) is 6.42 Å². The van der Waals surface area contributed by atoms with E-state index < -0.39 is 11.9 Å². The summed E-state index contributed by atoms with van der Waals surface area (Å²) in [6.07, 6.45) is 0.0389. The molecule has 1 atom stereocenters. The summed E-state index contributed by atoms with van der Waals surface area (Å²) in [7, 11) is 0. The van der Waals surface area contributed by atoms with E-state index in [1.165, 1.54) is 4.90 Å². The van der Waals surface area contributed by atoms with Crippen molar-refractivity contribution in [3.8, 4) is 0 Å². The van der Waals surface area contributed by atoms with Gasteiger partial charge in [-0.25, -0.2) is 0 Å². The first-order valence-corrected chi connectivity index (χ1v) is 4.75. The fraction of sp³-hybridized carbons (Fsp3) is 0.273. The number of carbonyl (C=O) groups excluding carboxylic acids is 2. The van der Waals surface area contributed by atoms with Gasteiger partial charge in [-0.2, -0.15) is 0 Å². The van der Waals surface area contributed by atoms with Gasteiger partial charge < -0.3 is 14.8 Å². The molecule has 0 bridgehead atoms. The predicted molar refractivity (Wildman–Crippen MR) is 51.9 cm³/mol. The molecule has 1 amide bonds. The Morgan fingerprint density at radius 1 is 1.33 bits per heavy atom. The number of hydrogen-bond donors (Lipinski definition) is 0. The summed E-state index contributed by atoms with van der Waals surface area (Å²) in [5.74, 6) is -1.99. The molecule has 1 fully saturated rings. The topological polar surface area (TPSA) is 60.4 Å². The van der Waals surface area contributed by atoms with Crippen LogP contribution in [0.5, 0.6) is 0 Å². The molecule has 0 N–H and O–H groups in total. The SMILES string of the molecule is O=C([O-])[C@@H]1CC(=O)N(c2ccccc2)C1. The molecule has 1 saturated heterocycles. The fourth-order valence-electron chi connectivity index (χ4n) is 1.72. The summed E-state index contributed by atoms with van der Waals surface area (Å²) in [5.41, 5.74) is 0.742. The van der Waals surface area contributed by atoms with Gasteiger partial charge in [0.15, 0.2) is 0 Å². The second-order valence-electron chi connectivity index (χ2n) is 3.56. The van der Waals surface area contributed by atoms with E-state index in [-0.39, 0.29) is 18.9 Å². The summed E-state index contributed by atoms with van der Waals surface area (Å²) in [4.78, 5) is 23.6. The standard InChI is InChI=1S/C11H11NO3/c13-10-6-8(11(14)15)7-12(10)9-4-2-1-3-5-9/h1-5,8H,6-7H2,(H,14,15)/p-1/t8-/m1/s1. The molecule has 0 spiro atoms. The van der Waals surface area contributed by atoms with Crippen LogP contribution in [0.2, 0.25) is 0 Å². The molecule has 1 aliphatic rings. The number of carboxylic acid groups (broad SMARTS) is 1. The number of nitrogens with zero attached hydrogens (tertiary/aromatic N) is 1. The van der Waals surface area contributed by atoms with Gasteiger partial charge in [-0.3, -0.25) is 4.79 Å². The zero-order valence-corrected chi connectivity index (χ0v) is 8.05. The van der Waals surface area contributed by atoms with Gasteiger partial charge in [-0.05, 0) is 12.1 Å².